The van der Waals surface area contributed by atoms with Gasteiger partial charge in [0.1, 0.15) is 0 Å². The molecule has 150 valence electrons. The van der Waals surface area contributed by atoms with Crippen LogP contribution in [0.5, 0.6) is 0 Å². The lowest BCUT2D eigenvalue weighted by Gasteiger charge is -2.14. The second kappa shape index (κ2) is 9.51. The van der Waals surface area contributed by atoms with Crippen molar-refractivity contribution in [1.29, 1.82) is 0 Å². The highest BCUT2D eigenvalue weighted by Gasteiger charge is 2.14. The predicted molar refractivity (Wildman–Crippen MR) is 120 cm³/mol. The van der Waals surface area contributed by atoms with Gasteiger partial charge in [0.05, 0.1) is 0 Å². The van der Waals surface area contributed by atoms with E-state index in [1.807, 2.05) is 26.1 Å². The van der Waals surface area contributed by atoms with E-state index in [0.29, 0.717) is 6.54 Å². The molecule has 0 atom stereocenters. The van der Waals surface area contributed by atoms with Crippen LogP contribution in [-0.2, 0) is 6.42 Å². The fourth-order valence-corrected chi connectivity index (χ4v) is 3.70. The molecule has 0 saturated carbocycles. The number of rotatable bonds is 7. The van der Waals surface area contributed by atoms with E-state index in [9.17, 15) is 4.79 Å². The summed E-state index contributed by atoms with van der Waals surface area (Å²) in [5.74, 6) is 0.0213. The third-order valence-electron chi connectivity index (χ3n) is 5.50. The van der Waals surface area contributed by atoms with Gasteiger partial charge in [-0.3, -0.25) is 9.78 Å². The number of benzene rings is 2. The number of carbonyl (C=O) groups is 1. The van der Waals surface area contributed by atoms with Crippen molar-refractivity contribution in [3.05, 3.63) is 88.2 Å². The molecule has 1 amide bonds. The molecule has 0 spiro atoms. The van der Waals surface area contributed by atoms with Gasteiger partial charge in [0.15, 0.2) is 0 Å². The zero-order chi connectivity index (χ0) is 20.8. The maximum atomic E-state index is 12.7. The van der Waals surface area contributed by atoms with Gasteiger partial charge in [0.2, 0.25) is 0 Å². The van der Waals surface area contributed by atoms with Gasteiger partial charge in [-0.15, -0.1) is 0 Å². The predicted octanol–water partition coefficient (Wildman–Crippen LogP) is 5.73. The van der Waals surface area contributed by atoms with Gasteiger partial charge in [0.25, 0.3) is 5.91 Å². The van der Waals surface area contributed by atoms with E-state index in [2.05, 4.69) is 60.5 Å². The number of hydrogen-bond acceptors (Lipinski definition) is 2. The van der Waals surface area contributed by atoms with Gasteiger partial charge in [-0.25, -0.2) is 0 Å². The molecule has 0 saturated heterocycles. The molecule has 0 bridgehead atoms. The molecule has 1 heterocycles. The van der Waals surface area contributed by atoms with E-state index in [1.54, 1.807) is 6.20 Å². The number of aryl methyl sites for hydroxylation is 5. The van der Waals surface area contributed by atoms with Crippen molar-refractivity contribution < 1.29 is 4.79 Å². The first-order valence-electron chi connectivity index (χ1n) is 10.3. The third-order valence-corrected chi connectivity index (χ3v) is 5.50. The zero-order valence-corrected chi connectivity index (χ0v) is 17.9. The van der Waals surface area contributed by atoms with Crippen molar-refractivity contribution in [3.63, 3.8) is 0 Å². The standard InChI is InChI=1S/C26H30N2O/c1-18-10-11-23(14-19(18)2)24-15-20(3)25(21(4)16-24)26(29)28-13-6-5-8-22-9-7-12-27-17-22/h7,9-12,14-17H,5-6,8,13H2,1-4H3,(H,28,29). The number of nitrogens with one attached hydrogen (secondary N) is 1. The molecule has 29 heavy (non-hydrogen) atoms. The van der Waals surface area contributed by atoms with Crippen molar-refractivity contribution in [2.45, 2.75) is 47.0 Å². The number of amides is 1. The molecule has 3 nitrogen and oxygen atoms in total. The second-order valence-electron chi connectivity index (χ2n) is 7.86. The van der Waals surface area contributed by atoms with Gasteiger partial charge < -0.3 is 5.32 Å². The molecule has 3 aromatic rings. The topological polar surface area (TPSA) is 42.0 Å². The zero-order valence-electron chi connectivity index (χ0n) is 17.9. The van der Waals surface area contributed by atoms with E-state index < -0.39 is 0 Å². The van der Waals surface area contributed by atoms with Gasteiger partial charge >= 0.3 is 0 Å². The van der Waals surface area contributed by atoms with Crippen LogP contribution in [0.15, 0.2) is 54.9 Å². The lowest BCUT2D eigenvalue weighted by Crippen LogP contribution is -2.26. The summed E-state index contributed by atoms with van der Waals surface area (Å²) in [7, 11) is 0. The second-order valence-corrected chi connectivity index (χ2v) is 7.86. The Morgan fingerprint density at radius 3 is 2.24 bits per heavy atom. The van der Waals surface area contributed by atoms with Crippen LogP contribution in [0.4, 0.5) is 0 Å². The molecule has 3 rings (SSSR count). The molecule has 1 aromatic heterocycles. The van der Waals surface area contributed by atoms with E-state index in [0.717, 1.165) is 41.5 Å². The van der Waals surface area contributed by atoms with Gasteiger partial charge in [-0.05, 0) is 92.0 Å². The van der Waals surface area contributed by atoms with Crippen LogP contribution in [0.25, 0.3) is 11.1 Å². The molecule has 1 N–H and O–H groups in total. The molecule has 2 aromatic carbocycles. The smallest absolute Gasteiger partial charge is 0.251 e. The molecule has 0 unspecified atom stereocenters. The summed E-state index contributed by atoms with van der Waals surface area (Å²) in [4.78, 5) is 16.9. The summed E-state index contributed by atoms with van der Waals surface area (Å²) < 4.78 is 0. The van der Waals surface area contributed by atoms with E-state index in [4.69, 9.17) is 0 Å². The summed E-state index contributed by atoms with van der Waals surface area (Å²) >= 11 is 0. The maximum Gasteiger partial charge on any atom is 0.251 e. The maximum absolute atomic E-state index is 12.7. The van der Waals surface area contributed by atoms with Gasteiger partial charge in [-0.1, -0.05) is 36.4 Å². The Morgan fingerprint density at radius 1 is 0.862 bits per heavy atom. The average molecular weight is 387 g/mol. The number of aromatic nitrogens is 1. The average Bonchev–Trinajstić information content (AvgIpc) is 2.70. The Morgan fingerprint density at radius 2 is 1.59 bits per heavy atom. The van der Waals surface area contributed by atoms with Crippen LogP contribution >= 0.6 is 0 Å². The van der Waals surface area contributed by atoms with Gasteiger partial charge in [-0.2, -0.15) is 0 Å². The lowest BCUT2D eigenvalue weighted by atomic mass is 9.93. The lowest BCUT2D eigenvalue weighted by molar-refractivity contribution is 0.0952. The van der Waals surface area contributed by atoms with Crippen LogP contribution in [0.2, 0.25) is 0 Å². The summed E-state index contributed by atoms with van der Waals surface area (Å²) in [6.07, 6.45) is 6.68. The van der Waals surface area contributed by atoms with Crippen LogP contribution in [0.1, 0.15) is 51.0 Å². The Balaban J connectivity index is 1.61. The molecular weight excluding hydrogens is 356 g/mol. The fraction of sp³-hybridized carbons (Fsp3) is 0.308. The molecule has 0 aliphatic heterocycles. The van der Waals surface area contributed by atoms with E-state index in [-0.39, 0.29) is 5.91 Å². The van der Waals surface area contributed by atoms with Crippen LogP contribution < -0.4 is 5.32 Å². The first-order valence-corrected chi connectivity index (χ1v) is 10.3. The highest BCUT2D eigenvalue weighted by atomic mass is 16.1. The number of unbranched alkanes of at least 4 members (excludes halogenated alkanes) is 1. The van der Waals surface area contributed by atoms with Crippen LogP contribution in [-0.4, -0.2) is 17.4 Å². The summed E-state index contributed by atoms with van der Waals surface area (Å²) in [6.45, 7) is 9.00. The van der Waals surface area contributed by atoms with Crippen molar-refractivity contribution in [1.82, 2.24) is 10.3 Å². The molecule has 0 aliphatic carbocycles. The minimum absolute atomic E-state index is 0.0213. The largest absolute Gasteiger partial charge is 0.352 e. The van der Waals surface area contributed by atoms with E-state index in [1.165, 1.54) is 22.3 Å². The molecule has 3 heteroatoms. The summed E-state index contributed by atoms with van der Waals surface area (Å²) in [5.41, 5.74) is 9.01. The molecule has 0 fully saturated rings. The molecule has 0 radical (unpaired) electrons. The van der Waals surface area contributed by atoms with Crippen LogP contribution in [0.3, 0.4) is 0 Å². The van der Waals surface area contributed by atoms with Crippen LogP contribution in [0, 0.1) is 27.7 Å². The minimum atomic E-state index is 0.0213. The third kappa shape index (κ3) is 5.32. The number of pyridine rings is 1. The van der Waals surface area contributed by atoms with E-state index >= 15 is 0 Å². The Kier molecular flexibility index (Phi) is 6.82. The van der Waals surface area contributed by atoms with Crippen molar-refractivity contribution in [3.8, 4) is 11.1 Å². The number of carbonyl (C=O) groups excluding carboxylic acids is 1. The Hall–Kier alpha value is -2.94. The summed E-state index contributed by atoms with van der Waals surface area (Å²) in [6, 6.07) is 14.8. The minimum Gasteiger partial charge on any atom is -0.352 e. The van der Waals surface area contributed by atoms with Gasteiger partial charge in [0, 0.05) is 24.5 Å². The van der Waals surface area contributed by atoms with Crippen molar-refractivity contribution in [2.75, 3.05) is 6.54 Å². The molecule has 0 aliphatic rings. The highest BCUT2D eigenvalue weighted by molar-refractivity contribution is 5.97. The quantitative estimate of drug-likeness (QED) is 0.527. The monoisotopic (exact) mass is 386 g/mol. The summed E-state index contributed by atoms with van der Waals surface area (Å²) in [5, 5.41) is 3.09. The Bertz CT molecular complexity index is 970. The van der Waals surface area contributed by atoms with Crippen molar-refractivity contribution >= 4 is 5.91 Å². The number of hydrogen-bond donors (Lipinski definition) is 1. The SMILES string of the molecule is Cc1ccc(-c2cc(C)c(C(=O)NCCCCc3cccnc3)c(C)c2)cc1C. The highest BCUT2D eigenvalue weighted by Crippen LogP contribution is 2.27. The first kappa shape index (κ1) is 20.8. The Labute approximate surface area is 174 Å². The first-order chi connectivity index (χ1) is 14.0. The fourth-order valence-electron chi connectivity index (χ4n) is 3.70. The van der Waals surface area contributed by atoms with Crippen molar-refractivity contribution in [2.24, 2.45) is 0 Å². The number of nitrogens with zero attached hydrogens (tertiary/aromatic N) is 1. The normalized spacial score (nSPS) is 10.8. The molecular formula is C26H30N2O.